The lowest BCUT2D eigenvalue weighted by molar-refractivity contribution is 0.737. The van der Waals surface area contributed by atoms with Gasteiger partial charge in [0.15, 0.2) is 0 Å². The maximum atomic E-state index is 11.8. The molecule has 4 nitrogen and oxygen atoms in total. The van der Waals surface area contributed by atoms with Gasteiger partial charge in [-0.3, -0.25) is 4.57 Å². The zero-order valence-electron chi connectivity index (χ0n) is 10.1. The molecule has 0 saturated heterocycles. The van der Waals surface area contributed by atoms with Crippen molar-refractivity contribution in [3.63, 3.8) is 0 Å². The standard InChI is InChI=1S/C13H17N3O/c1-10(14)8-11-4-3-5-12(9-11)16-7-6-15(2)13(16)17/h3-7,9-10H,8,14H2,1-2H3. The van der Waals surface area contributed by atoms with Crippen LogP contribution in [0, 0.1) is 0 Å². The number of hydrogen-bond donors (Lipinski definition) is 1. The average molecular weight is 231 g/mol. The van der Waals surface area contributed by atoms with E-state index in [9.17, 15) is 4.79 Å². The van der Waals surface area contributed by atoms with Crippen molar-refractivity contribution in [1.29, 1.82) is 0 Å². The second-order valence-electron chi connectivity index (χ2n) is 4.41. The quantitative estimate of drug-likeness (QED) is 0.859. The zero-order valence-corrected chi connectivity index (χ0v) is 10.1. The first-order chi connectivity index (χ1) is 8.08. The third-order valence-corrected chi connectivity index (χ3v) is 2.69. The van der Waals surface area contributed by atoms with Crippen LogP contribution in [0.4, 0.5) is 0 Å². The molecule has 1 heterocycles. The summed E-state index contributed by atoms with van der Waals surface area (Å²) in [5.74, 6) is 0. The van der Waals surface area contributed by atoms with Gasteiger partial charge in [0.25, 0.3) is 0 Å². The highest BCUT2D eigenvalue weighted by Crippen LogP contribution is 2.10. The van der Waals surface area contributed by atoms with Crippen LogP contribution in [-0.2, 0) is 13.5 Å². The van der Waals surface area contributed by atoms with Crippen molar-refractivity contribution in [1.82, 2.24) is 9.13 Å². The number of aromatic nitrogens is 2. The Morgan fingerprint density at radius 2 is 2.12 bits per heavy atom. The number of imidazole rings is 1. The van der Waals surface area contributed by atoms with Crippen LogP contribution in [0.3, 0.4) is 0 Å². The van der Waals surface area contributed by atoms with Gasteiger partial charge in [-0.1, -0.05) is 12.1 Å². The molecule has 0 aliphatic rings. The molecule has 1 aromatic carbocycles. The molecule has 0 aliphatic carbocycles. The van der Waals surface area contributed by atoms with Crippen molar-refractivity contribution in [3.05, 3.63) is 52.7 Å². The fourth-order valence-corrected chi connectivity index (χ4v) is 1.87. The van der Waals surface area contributed by atoms with Crippen LogP contribution in [-0.4, -0.2) is 15.2 Å². The smallest absolute Gasteiger partial charge is 0.328 e. The molecule has 0 aliphatic heterocycles. The van der Waals surface area contributed by atoms with Crippen LogP contribution in [0.15, 0.2) is 41.5 Å². The highest BCUT2D eigenvalue weighted by Gasteiger charge is 2.04. The Bertz CT molecular complexity index is 566. The highest BCUT2D eigenvalue weighted by molar-refractivity contribution is 5.36. The summed E-state index contributed by atoms with van der Waals surface area (Å²) in [6, 6.07) is 8.03. The first-order valence-corrected chi connectivity index (χ1v) is 5.67. The van der Waals surface area contributed by atoms with Gasteiger partial charge >= 0.3 is 5.69 Å². The van der Waals surface area contributed by atoms with Gasteiger partial charge in [-0.25, -0.2) is 4.79 Å². The lowest BCUT2D eigenvalue weighted by Gasteiger charge is -2.07. The number of nitrogens with zero attached hydrogens (tertiary/aromatic N) is 2. The van der Waals surface area contributed by atoms with Gasteiger partial charge in [0.1, 0.15) is 0 Å². The molecule has 0 saturated carbocycles. The van der Waals surface area contributed by atoms with Gasteiger partial charge in [-0.05, 0) is 31.0 Å². The number of rotatable bonds is 3. The number of nitrogens with two attached hydrogens (primary N) is 1. The summed E-state index contributed by atoms with van der Waals surface area (Å²) in [5, 5.41) is 0. The fraction of sp³-hybridized carbons (Fsp3) is 0.308. The molecular weight excluding hydrogens is 214 g/mol. The van der Waals surface area contributed by atoms with E-state index < -0.39 is 0 Å². The lowest BCUT2D eigenvalue weighted by atomic mass is 10.1. The fourth-order valence-electron chi connectivity index (χ4n) is 1.87. The second kappa shape index (κ2) is 4.59. The third-order valence-electron chi connectivity index (χ3n) is 2.69. The molecule has 90 valence electrons. The highest BCUT2D eigenvalue weighted by atomic mass is 16.1. The Morgan fingerprint density at radius 3 is 2.71 bits per heavy atom. The Labute approximate surface area is 100 Å². The molecule has 2 N–H and O–H groups in total. The monoisotopic (exact) mass is 231 g/mol. The van der Waals surface area contributed by atoms with Crippen molar-refractivity contribution in [2.45, 2.75) is 19.4 Å². The average Bonchev–Trinajstić information content (AvgIpc) is 2.59. The zero-order chi connectivity index (χ0) is 12.4. The molecule has 0 bridgehead atoms. The molecule has 2 aromatic rings. The Hall–Kier alpha value is -1.81. The summed E-state index contributed by atoms with van der Waals surface area (Å²) in [6.45, 7) is 1.97. The van der Waals surface area contributed by atoms with Gasteiger partial charge in [0, 0.05) is 25.5 Å². The number of aryl methyl sites for hydroxylation is 1. The summed E-state index contributed by atoms with van der Waals surface area (Å²) >= 11 is 0. The van der Waals surface area contributed by atoms with Crippen molar-refractivity contribution in [3.8, 4) is 5.69 Å². The lowest BCUT2D eigenvalue weighted by Crippen LogP contribution is -2.21. The molecule has 17 heavy (non-hydrogen) atoms. The molecule has 0 fully saturated rings. The summed E-state index contributed by atoms with van der Waals surface area (Å²) in [7, 11) is 1.74. The summed E-state index contributed by atoms with van der Waals surface area (Å²) in [5.41, 5.74) is 7.77. The maximum absolute atomic E-state index is 11.8. The second-order valence-corrected chi connectivity index (χ2v) is 4.41. The molecule has 0 amide bonds. The van der Waals surface area contributed by atoms with Gasteiger partial charge in [-0.2, -0.15) is 0 Å². The molecule has 2 rings (SSSR count). The van der Waals surface area contributed by atoms with Crippen LogP contribution in [0.5, 0.6) is 0 Å². The van der Waals surface area contributed by atoms with Crippen molar-refractivity contribution in [2.24, 2.45) is 12.8 Å². The summed E-state index contributed by atoms with van der Waals surface area (Å²) in [6.07, 6.45) is 4.34. The minimum atomic E-state index is -0.0389. The summed E-state index contributed by atoms with van der Waals surface area (Å²) < 4.78 is 3.18. The van der Waals surface area contributed by atoms with Gasteiger partial charge in [0.05, 0.1) is 5.69 Å². The molecule has 0 spiro atoms. The van der Waals surface area contributed by atoms with Crippen molar-refractivity contribution >= 4 is 0 Å². The van der Waals surface area contributed by atoms with E-state index in [2.05, 4.69) is 0 Å². The minimum absolute atomic E-state index is 0.0389. The van der Waals surface area contributed by atoms with Crippen molar-refractivity contribution in [2.75, 3.05) is 0 Å². The van der Waals surface area contributed by atoms with E-state index in [0.717, 1.165) is 17.7 Å². The van der Waals surface area contributed by atoms with E-state index in [4.69, 9.17) is 5.73 Å². The molecule has 0 radical (unpaired) electrons. The van der Waals surface area contributed by atoms with Gasteiger partial charge in [0.2, 0.25) is 0 Å². The van der Waals surface area contributed by atoms with E-state index in [-0.39, 0.29) is 11.7 Å². The van der Waals surface area contributed by atoms with Crippen LogP contribution in [0.1, 0.15) is 12.5 Å². The molecule has 1 atom stereocenters. The van der Waals surface area contributed by atoms with E-state index in [1.54, 1.807) is 28.6 Å². The van der Waals surface area contributed by atoms with Crippen molar-refractivity contribution < 1.29 is 0 Å². The molecule has 1 aromatic heterocycles. The Balaban J connectivity index is 2.40. The first-order valence-electron chi connectivity index (χ1n) is 5.67. The van der Waals surface area contributed by atoms with E-state index >= 15 is 0 Å². The number of benzene rings is 1. The van der Waals surface area contributed by atoms with E-state index in [1.165, 1.54) is 0 Å². The predicted molar refractivity (Wildman–Crippen MR) is 68.4 cm³/mol. The van der Waals surface area contributed by atoms with E-state index in [0.29, 0.717) is 0 Å². The van der Waals surface area contributed by atoms with Crippen LogP contribution < -0.4 is 11.4 Å². The molecule has 4 heteroatoms. The van der Waals surface area contributed by atoms with E-state index in [1.807, 2.05) is 31.2 Å². The first kappa shape index (κ1) is 11.7. The normalized spacial score (nSPS) is 12.6. The topological polar surface area (TPSA) is 52.9 Å². The van der Waals surface area contributed by atoms with Gasteiger partial charge < -0.3 is 10.3 Å². The van der Waals surface area contributed by atoms with Crippen LogP contribution >= 0.6 is 0 Å². The maximum Gasteiger partial charge on any atom is 0.332 e. The Morgan fingerprint density at radius 1 is 1.35 bits per heavy atom. The molecule has 1 unspecified atom stereocenters. The third kappa shape index (κ3) is 2.47. The van der Waals surface area contributed by atoms with Gasteiger partial charge in [-0.15, -0.1) is 0 Å². The largest absolute Gasteiger partial charge is 0.332 e. The van der Waals surface area contributed by atoms with Crippen LogP contribution in [0.2, 0.25) is 0 Å². The van der Waals surface area contributed by atoms with Crippen LogP contribution in [0.25, 0.3) is 5.69 Å². The predicted octanol–water partition coefficient (Wildman–Crippen LogP) is 1.07. The number of hydrogen-bond acceptors (Lipinski definition) is 2. The molecular formula is C13H17N3O. The summed E-state index contributed by atoms with van der Waals surface area (Å²) in [4.78, 5) is 11.8. The minimum Gasteiger partial charge on any atom is -0.328 e. The SMILES string of the molecule is CC(N)Cc1cccc(-n2ccn(C)c2=O)c1. The Kier molecular flexibility index (Phi) is 3.15.